The van der Waals surface area contributed by atoms with Crippen LogP contribution in [-0.2, 0) is 9.59 Å². The van der Waals surface area contributed by atoms with E-state index in [0.29, 0.717) is 5.75 Å². The van der Waals surface area contributed by atoms with Gasteiger partial charge in [-0.2, -0.15) is 0 Å². The van der Waals surface area contributed by atoms with Crippen LogP contribution in [0.2, 0.25) is 0 Å². The number of thiophene rings is 1. The van der Waals surface area contributed by atoms with Gasteiger partial charge >= 0.3 is 0 Å². The highest BCUT2D eigenvalue weighted by Crippen LogP contribution is 2.23. The average Bonchev–Trinajstić information content (AvgIpc) is 2.96. The van der Waals surface area contributed by atoms with Crippen LogP contribution in [0.15, 0.2) is 40.2 Å². The fourth-order valence-corrected chi connectivity index (χ4v) is 3.28. The Morgan fingerprint density at radius 1 is 1.17 bits per heavy atom. The molecule has 24 heavy (non-hydrogen) atoms. The molecule has 2 aromatic rings. The van der Waals surface area contributed by atoms with Gasteiger partial charge in [0.05, 0.1) is 3.79 Å². The summed E-state index contributed by atoms with van der Waals surface area (Å²) in [5.41, 5.74) is 6.54. The van der Waals surface area contributed by atoms with Gasteiger partial charge in [-0.3, -0.25) is 20.4 Å². The zero-order chi connectivity index (χ0) is 17.5. The minimum Gasteiger partial charge on any atom is -0.483 e. The van der Waals surface area contributed by atoms with E-state index >= 15 is 0 Å². The van der Waals surface area contributed by atoms with E-state index in [4.69, 9.17) is 4.74 Å². The van der Waals surface area contributed by atoms with Crippen LogP contribution in [0.3, 0.4) is 0 Å². The Labute approximate surface area is 152 Å². The molecule has 0 aliphatic carbocycles. The lowest BCUT2D eigenvalue weighted by molar-refractivity contribution is -0.128. The third kappa shape index (κ3) is 5.50. The van der Waals surface area contributed by atoms with Crippen LogP contribution in [0.5, 0.6) is 5.75 Å². The van der Waals surface area contributed by atoms with Gasteiger partial charge in [0.25, 0.3) is 11.8 Å². The van der Waals surface area contributed by atoms with Crippen molar-refractivity contribution >= 4 is 45.2 Å². The van der Waals surface area contributed by atoms with Crippen LogP contribution in [0.4, 0.5) is 0 Å². The monoisotopic (exact) mass is 408 g/mol. The van der Waals surface area contributed by atoms with Crippen molar-refractivity contribution in [3.63, 3.8) is 0 Å². The molecule has 1 aromatic carbocycles. The molecule has 0 radical (unpaired) electrons. The van der Waals surface area contributed by atoms with Crippen molar-refractivity contribution in [2.45, 2.75) is 13.8 Å². The topological polar surface area (TPSA) is 67.4 Å². The number of hydrazine groups is 1. The van der Waals surface area contributed by atoms with E-state index < -0.39 is 11.8 Å². The second-order valence-corrected chi connectivity index (χ2v) is 7.52. The first-order chi connectivity index (χ1) is 11.5. The lowest BCUT2D eigenvalue weighted by Gasteiger charge is -2.11. The first-order valence-corrected chi connectivity index (χ1v) is 8.78. The van der Waals surface area contributed by atoms with Gasteiger partial charge in [-0.1, -0.05) is 18.2 Å². The smallest absolute Gasteiger partial charge is 0.276 e. The van der Waals surface area contributed by atoms with Crippen LogP contribution in [0.1, 0.15) is 16.0 Å². The second kappa shape index (κ2) is 8.65. The molecule has 126 valence electrons. The molecule has 0 atom stereocenters. The minimum atomic E-state index is -0.432. The third-order valence-electron chi connectivity index (χ3n) is 3.07. The van der Waals surface area contributed by atoms with E-state index in [1.807, 2.05) is 44.2 Å². The van der Waals surface area contributed by atoms with Crippen LogP contribution in [0, 0.1) is 13.8 Å². The molecule has 1 heterocycles. The summed E-state index contributed by atoms with van der Waals surface area (Å²) in [4.78, 5) is 24.3. The summed E-state index contributed by atoms with van der Waals surface area (Å²) in [6.07, 6.45) is 3.02. The Morgan fingerprint density at radius 3 is 2.50 bits per heavy atom. The molecular weight excluding hydrogens is 392 g/mol. The number of ether oxygens (including phenoxy) is 1. The Bertz CT molecular complexity index is 751. The summed E-state index contributed by atoms with van der Waals surface area (Å²) in [6.45, 7) is 3.65. The summed E-state index contributed by atoms with van der Waals surface area (Å²) in [6, 6.07) is 9.53. The number of aryl methyl sites for hydroxylation is 2. The molecule has 0 saturated carbocycles. The Kier molecular flexibility index (Phi) is 6.57. The molecule has 7 heteroatoms. The predicted molar refractivity (Wildman–Crippen MR) is 98.7 cm³/mol. The number of amides is 2. The number of carbonyl (C=O) groups excluding carboxylic acids is 2. The van der Waals surface area contributed by atoms with E-state index in [2.05, 4.69) is 26.8 Å². The molecule has 0 aliphatic heterocycles. The van der Waals surface area contributed by atoms with Crippen molar-refractivity contribution < 1.29 is 14.3 Å². The average molecular weight is 409 g/mol. The molecule has 0 saturated heterocycles. The summed E-state index contributed by atoms with van der Waals surface area (Å²) in [5.74, 6) is -0.166. The standard InChI is InChI=1S/C17H17BrN2O3S/c1-11-4-3-5-12(2)17(11)23-10-16(22)20-19-15(21)9-7-13-6-8-14(18)24-13/h3-9H,10H2,1-2H3,(H,19,21)(H,20,22)/b9-7+. The Morgan fingerprint density at radius 2 is 1.88 bits per heavy atom. The van der Waals surface area contributed by atoms with Gasteiger partial charge in [-0.15, -0.1) is 11.3 Å². The molecule has 0 aliphatic rings. The van der Waals surface area contributed by atoms with Gasteiger partial charge in [0.2, 0.25) is 0 Å². The number of para-hydroxylation sites is 1. The lowest BCUT2D eigenvalue weighted by Crippen LogP contribution is -2.43. The number of benzene rings is 1. The summed E-state index contributed by atoms with van der Waals surface area (Å²) in [5, 5.41) is 0. The van der Waals surface area contributed by atoms with E-state index in [0.717, 1.165) is 19.8 Å². The maximum Gasteiger partial charge on any atom is 0.276 e. The van der Waals surface area contributed by atoms with Crippen LogP contribution < -0.4 is 15.6 Å². The molecule has 0 bridgehead atoms. The SMILES string of the molecule is Cc1cccc(C)c1OCC(=O)NNC(=O)/C=C/c1ccc(Br)s1. The van der Waals surface area contributed by atoms with E-state index in [-0.39, 0.29) is 6.61 Å². The fraction of sp³-hybridized carbons (Fsp3) is 0.176. The van der Waals surface area contributed by atoms with Gasteiger partial charge in [0.1, 0.15) is 5.75 Å². The summed E-state index contributed by atoms with van der Waals surface area (Å²) >= 11 is 4.85. The van der Waals surface area contributed by atoms with Gasteiger partial charge < -0.3 is 4.74 Å². The Hall–Kier alpha value is -2.12. The van der Waals surface area contributed by atoms with Gasteiger partial charge in [0.15, 0.2) is 6.61 Å². The maximum absolute atomic E-state index is 11.7. The number of hydrogen-bond donors (Lipinski definition) is 2. The third-order valence-corrected chi connectivity index (χ3v) is 4.66. The zero-order valence-electron chi connectivity index (χ0n) is 13.3. The lowest BCUT2D eigenvalue weighted by atomic mass is 10.1. The number of hydrogen-bond acceptors (Lipinski definition) is 4. The second-order valence-electron chi connectivity index (χ2n) is 5.02. The normalized spacial score (nSPS) is 10.6. The van der Waals surface area contributed by atoms with E-state index in [1.54, 1.807) is 6.08 Å². The molecule has 2 amide bonds. The minimum absolute atomic E-state index is 0.173. The number of nitrogens with one attached hydrogen (secondary N) is 2. The van der Waals surface area contributed by atoms with Crippen molar-refractivity contribution in [3.8, 4) is 5.75 Å². The molecule has 1 aromatic heterocycles. The maximum atomic E-state index is 11.7. The highest BCUT2D eigenvalue weighted by molar-refractivity contribution is 9.11. The highest BCUT2D eigenvalue weighted by Gasteiger charge is 2.07. The van der Waals surface area contributed by atoms with Crippen LogP contribution in [-0.4, -0.2) is 18.4 Å². The molecule has 2 rings (SSSR count). The highest BCUT2D eigenvalue weighted by atomic mass is 79.9. The molecule has 5 nitrogen and oxygen atoms in total. The zero-order valence-corrected chi connectivity index (χ0v) is 15.7. The van der Waals surface area contributed by atoms with Crippen molar-refractivity contribution in [2.75, 3.05) is 6.61 Å². The van der Waals surface area contributed by atoms with Gasteiger partial charge in [-0.05, 0) is 59.1 Å². The van der Waals surface area contributed by atoms with Crippen molar-refractivity contribution in [3.05, 3.63) is 56.2 Å². The predicted octanol–water partition coefficient (Wildman–Crippen LogP) is 3.37. The number of rotatable bonds is 5. The molecule has 2 N–H and O–H groups in total. The molecule has 0 unspecified atom stereocenters. The van der Waals surface area contributed by atoms with Gasteiger partial charge in [0, 0.05) is 11.0 Å². The number of halogens is 1. The number of carbonyl (C=O) groups is 2. The molecular formula is C17H17BrN2O3S. The van der Waals surface area contributed by atoms with Crippen molar-refractivity contribution in [1.29, 1.82) is 0 Å². The molecule has 0 fully saturated rings. The quantitative estimate of drug-likeness (QED) is 0.588. The first kappa shape index (κ1) is 18.2. The van der Waals surface area contributed by atoms with Crippen molar-refractivity contribution in [2.24, 2.45) is 0 Å². The van der Waals surface area contributed by atoms with E-state index in [9.17, 15) is 9.59 Å². The molecule has 0 spiro atoms. The first-order valence-electron chi connectivity index (χ1n) is 7.17. The van der Waals surface area contributed by atoms with Crippen LogP contribution in [0.25, 0.3) is 6.08 Å². The summed E-state index contributed by atoms with van der Waals surface area (Å²) in [7, 11) is 0. The fourth-order valence-electron chi connectivity index (χ4n) is 1.95. The largest absolute Gasteiger partial charge is 0.483 e. The van der Waals surface area contributed by atoms with E-state index in [1.165, 1.54) is 17.4 Å². The van der Waals surface area contributed by atoms with Gasteiger partial charge in [-0.25, -0.2) is 0 Å². The van der Waals surface area contributed by atoms with Crippen LogP contribution >= 0.6 is 27.3 Å². The van der Waals surface area contributed by atoms with Crippen molar-refractivity contribution in [1.82, 2.24) is 10.9 Å². The summed E-state index contributed by atoms with van der Waals surface area (Å²) < 4.78 is 6.49. The Balaban J connectivity index is 1.76.